The molecule has 0 aliphatic carbocycles. The Labute approximate surface area is 183 Å². The van der Waals surface area contributed by atoms with Crippen molar-refractivity contribution in [2.45, 2.75) is 32.4 Å². The first-order valence-electron chi connectivity index (χ1n) is 10.1. The van der Waals surface area contributed by atoms with Gasteiger partial charge in [0.25, 0.3) is 5.91 Å². The van der Waals surface area contributed by atoms with Gasteiger partial charge in [-0.05, 0) is 55.3 Å². The molecule has 168 valence electrons. The van der Waals surface area contributed by atoms with Gasteiger partial charge in [-0.1, -0.05) is 13.0 Å². The van der Waals surface area contributed by atoms with E-state index in [9.17, 15) is 13.2 Å². The second-order valence-electron chi connectivity index (χ2n) is 7.37. The normalized spacial score (nSPS) is 15.0. The minimum Gasteiger partial charge on any atom is -0.486 e. The van der Waals surface area contributed by atoms with E-state index in [0.717, 1.165) is 11.8 Å². The van der Waals surface area contributed by atoms with Gasteiger partial charge in [-0.2, -0.15) is 0 Å². The molecule has 1 N–H and O–H groups in total. The largest absolute Gasteiger partial charge is 0.486 e. The summed E-state index contributed by atoms with van der Waals surface area (Å²) in [6.45, 7) is 4.79. The van der Waals surface area contributed by atoms with Crippen molar-refractivity contribution in [2.24, 2.45) is 0 Å². The highest BCUT2D eigenvalue weighted by Gasteiger charge is 2.22. The topological polar surface area (TPSA) is 94.2 Å². The lowest BCUT2D eigenvalue weighted by Crippen LogP contribution is -2.39. The maximum Gasteiger partial charge on any atom is 0.261 e. The molecule has 0 bridgehead atoms. The monoisotopic (exact) mass is 448 g/mol. The number of ether oxygens (including phenoxy) is 3. The van der Waals surface area contributed by atoms with Gasteiger partial charge in [0.15, 0.2) is 17.6 Å². The van der Waals surface area contributed by atoms with E-state index >= 15 is 0 Å². The van der Waals surface area contributed by atoms with Crippen LogP contribution in [0.4, 0.5) is 5.69 Å². The van der Waals surface area contributed by atoms with Crippen LogP contribution in [0, 0.1) is 0 Å². The summed E-state index contributed by atoms with van der Waals surface area (Å²) in [6.07, 6.45) is 0.931. The third-order valence-corrected chi connectivity index (χ3v) is 6.27. The molecule has 0 radical (unpaired) electrons. The van der Waals surface area contributed by atoms with Crippen molar-refractivity contribution in [1.82, 2.24) is 5.32 Å². The first-order chi connectivity index (χ1) is 14.7. The summed E-state index contributed by atoms with van der Waals surface area (Å²) in [5.41, 5.74) is 1.42. The van der Waals surface area contributed by atoms with E-state index < -0.39 is 16.1 Å². The fourth-order valence-corrected chi connectivity index (χ4v) is 3.64. The lowest BCUT2D eigenvalue weighted by molar-refractivity contribution is -0.128. The third kappa shape index (κ3) is 5.61. The Morgan fingerprint density at radius 1 is 1.13 bits per heavy atom. The van der Waals surface area contributed by atoms with Gasteiger partial charge in [-0.15, -0.1) is 0 Å². The molecule has 0 saturated heterocycles. The molecule has 1 aliphatic heterocycles. The van der Waals surface area contributed by atoms with Crippen LogP contribution in [-0.4, -0.2) is 46.9 Å². The Balaban J connectivity index is 1.63. The van der Waals surface area contributed by atoms with Gasteiger partial charge in [-0.3, -0.25) is 9.10 Å². The maximum atomic E-state index is 12.8. The van der Waals surface area contributed by atoms with E-state index in [1.54, 1.807) is 24.3 Å². The molecule has 0 saturated carbocycles. The minimum absolute atomic E-state index is 0.234. The smallest absolute Gasteiger partial charge is 0.261 e. The number of rotatable bonds is 8. The van der Waals surface area contributed by atoms with Crippen LogP contribution in [0.15, 0.2) is 42.5 Å². The highest BCUT2D eigenvalue weighted by Crippen LogP contribution is 2.32. The van der Waals surface area contributed by atoms with E-state index in [-0.39, 0.29) is 11.9 Å². The Kier molecular flexibility index (Phi) is 6.94. The lowest BCUT2D eigenvalue weighted by Gasteiger charge is -2.23. The molecule has 0 fully saturated rings. The van der Waals surface area contributed by atoms with Crippen LogP contribution in [0.5, 0.6) is 17.2 Å². The first kappa shape index (κ1) is 22.7. The number of nitrogens with one attached hydrogen (secondary N) is 1. The SMILES string of the molecule is CCC(Oc1ccc(N(C)S(C)(=O)=O)cc1)C(=O)NC(C)c1ccc2c(c1)OCCO2. The number of nitrogens with zero attached hydrogens (tertiary/aromatic N) is 1. The van der Waals surface area contributed by atoms with E-state index in [0.29, 0.717) is 42.6 Å². The zero-order valence-corrected chi connectivity index (χ0v) is 18.9. The molecule has 1 heterocycles. The molecule has 8 nitrogen and oxygen atoms in total. The van der Waals surface area contributed by atoms with Crippen LogP contribution in [0.1, 0.15) is 31.9 Å². The summed E-state index contributed by atoms with van der Waals surface area (Å²) in [6, 6.07) is 11.9. The summed E-state index contributed by atoms with van der Waals surface area (Å²) < 4.78 is 41.5. The summed E-state index contributed by atoms with van der Waals surface area (Å²) in [4.78, 5) is 12.8. The number of fused-ring (bicyclic) bond motifs is 1. The Morgan fingerprint density at radius 3 is 2.39 bits per heavy atom. The molecule has 3 rings (SSSR count). The van der Waals surface area contributed by atoms with Crippen molar-refractivity contribution in [3.05, 3.63) is 48.0 Å². The Bertz CT molecular complexity index is 1020. The van der Waals surface area contributed by atoms with Crippen LogP contribution in [0.2, 0.25) is 0 Å². The number of hydrogen-bond acceptors (Lipinski definition) is 6. The predicted octanol–water partition coefficient (Wildman–Crippen LogP) is 2.89. The van der Waals surface area contributed by atoms with Crippen LogP contribution in [0.3, 0.4) is 0 Å². The van der Waals surface area contributed by atoms with E-state index in [4.69, 9.17) is 14.2 Å². The zero-order chi connectivity index (χ0) is 22.6. The average molecular weight is 449 g/mol. The molecule has 2 unspecified atom stereocenters. The molecule has 0 spiro atoms. The number of amides is 1. The molecular weight excluding hydrogens is 420 g/mol. The van der Waals surface area contributed by atoms with Gasteiger partial charge < -0.3 is 19.5 Å². The Morgan fingerprint density at radius 2 is 1.77 bits per heavy atom. The maximum absolute atomic E-state index is 12.8. The van der Waals surface area contributed by atoms with Gasteiger partial charge in [-0.25, -0.2) is 8.42 Å². The van der Waals surface area contributed by atoms with E-state index in [1.165, 1.54) is 11.4 Å². The van der Waals surface area contributed by atoms with Crippen LogP contribution < -0.4 is 23.8 Å². The fraction of sp³-hybridized carbons (Fsp3) is 0.409. The van der Waals surface area contributed by atoms with Crippen molar-refractivity contribution in [2.75, 3.05) is 30.8 Å². The van der Waals surface area contributed by atoms with E-state index in [2.05, 4.69) is 5.32 Å². The highest BCUT2D eigenvalue weighted by atomic mass is 32.2. The van der Waals surface area contributed by atoms with Crippen molar-refractivity contribution >= 4 is 21.6 Å². The highest BCUT2D eigenvalue weighted by molar-refractivity contribution is 7.92. The van der Waals surface area contributed by atoms with Crippen molar-refractivity contribution < 1.29 is 27.4 Å². The first-order valence-corrected chi connectivity index (χ1v) is 11.9. The molecular formula is C22H28N2O6S. The van der Waals surface area contributed by atoms with Crippen LogP contribution >= 0.6 is 0 Å². The van der Waals surface area contributed by atoms with Gasteiger partial charge in [0, 0.05) is 7.05 Å². The summed E-state index contributed by atoms with van der Waals surface area (Å²) in [7, 11) is -1.87. The van der Waals surface area contributed by atoms with Crippen LogP contribution in [-0.2, 0) is 14.8 Å². The molecule has 2 aromatic carbocycles. The number of carbonyl (C=O) groups is 1. The second kappa shape index (κ2) is 9.47. The molecule has 1 aliphatic rings. The van der Waals surface area contributed by atoms with Gasteiger partial charge in [0.05, 0.1) is 18.0 Å². The fourth-order valence-electron chi connectivity index (χ4n) is 3.13. The van der Waals surface area contributed by atoms with Crippen molar-refractivity contribution in [3.63, 3.8) is 0 Å². The summed E-state index contributed by atoms with van der Waals surface area (Å²) in [5.74, 6) is 1.63. The summed E-state index contributed by atoms with van der Waals surface area (Å²) >= 11 is 0. The number of hydrogen-bond donors (Lipinski definition) is 1. The standard InChI is InChI=1S/C22H28N2O6S/c1-5-19(30-18-9-7-17(8-10-18)24(3)31(4,26)27)22(25)23-15(2)16-6-11-20-21(14-16)29-13-12-28-20/h6-11,14-15,19H,5,12-13H2,1-4H3,(H,23,25). The van der Waals surface area contributed by atoms with Gasteiger partial charge in [0.2, 0.25) is 10.0 Å². The van der Waals surface area contributed by atoms with Gasteiger partial charge in [0.1, 0.15) is 19.0 Å². The summed E-state index contributed by atoms with van der Waals surface area (Å²) in [5, 5.41) is 2.98. The van der Waals surface area contributed by atoms with Crippen LogP contribution in [0.25, 0.3) is 0 Å². The second-order valence-corrected chi connectivity index (χ2v) is 9.39. The predicted molar refractivity (Wildman–Crippen MR) is 118 cm³/mol. The molecule has 0 aromatic heterocycles. The quantitative estimate of drug-likeness (QED) is 0.667. The zero-order valence-electron chi connectivity index (χ0n) is 18.1. The molecule has 2 atom stereocenters. The average Bonchev–Trinajstić information content (AvgIpc) is 2.76. The van der Waals surface area contributed by atoms with Crippen molar-refractivity contribution in [1.29, 1.82) is 0 Å². The number of anilines is 1. The molecule has 31 heavy (non-hydrogen) atoms. The van der Waals surface area contributed by atoms with Gasteiger partial charge >= 0.3 is 0 Å². The third-order valence-electron chi connectivity index (χ3n) is 5.06. The molecule has 9 heteroatoms. The van der Waals surface area contributed by atoms with E-state index in [1.807, 2.05) is 32.0 Å². The number of carbonyl (C=O) groups excluding carboxylic acids is 1. The van der Waals surface area contributed by atoms with Crippen molar-refractivity contribution in [3.8, 4) is 17.2 Å². The number of sulfonamides is 1. The molecule has 2 aromatic rings. The number of benzene rings is 2. The minimum atomic E-state index is -3.34. The molecule has 1 amide bonds. The Hall–Kier alpha value is -2.94. The lowest BCUT2D eigenvalue weighted by atomic mass is 10.1.